The highest BCUT2D eigenvalue weighted by Crippen LogP contribution is 2.45. The molecular formula is C10H11BrF2O2Si. The van der Waals surface area contributed by atoms with Gasteiger partial charge in [-0.1, -0.05) is 25.7 Å². The number of hydrogen-bond donors (Lipinski definition) is 0. The fourth-order valence-electron chi connectivity index (χ4n) is 1.58. The smallest absolute Gasteiger partial charge is 0.395 e. The first-order valence-corrected chi connectivity index (χ1v) is 9.09. The summed E-state index contributed by atoms with van der Waals surface area (Å²) < 4.78 is 35.6. The minimum Gasteiger partial charge on any atom is -0.395 e. The van der Waals surface area contributed by atoms with Crippen LogP contribution in [0.3, 0.4) is 0 Å². The molecule has 0 aliphatic carbocycles. The van der Waals surface area contributed by atoms with Crippen molar-refractivity contribution >= 4 is 29.2 Å². The van der Waals surface area contributed by atoms with E-state index in [2.05, 4.69) is 45.0 Å². The third-order valence-electron chi connectivity index (χ3n) is 2.31. The Hall–Kier alpha value is -0.623. The molecule has 1 aromatic rings. The number of fused-ring (bicyclic) bond motifs is 1. The highest BCUT2D eigenvalue weighted by atomic mass is 79.9. The SMILES string of the molecule is C[Si](C)(C)c1ccc(Br)c2c1OC(F)(F)O2. The van der Waals surface area contributed by atoms with Gasteiger partial charge in [0.1, 0.15) is 0 Å². The lowest BCUT2D eigenvalue weighted by molar-refractivity contribution is -0.286. The van der Waals surface area contributed by atoms with E-state index >= 15 is 0 Å². The van der Waals surface area contributed by atoms with Crippen LogP contribution in [0.2, 0.25) is 19.6 Å². The lowest BCUT2D eigenvalue weighted by Gasteiger charge is -2.18. The van der Waals surface area contributed by atoms with Crippen molar-refractivity contribution in [2.24, 2.45) is 0 Å². The number of rotatable bonds is 1. The van der Waals surface area contributed by atoms with Crippen molar-refractivity contribution in [2.45, 2.75) is 25.9 Å². The minimum absolute atomic E-state index is 0.102. The number of alkyl halides is 2. The highest BCUT2D eigenvalue weighted by molar-refractivity contribution is 9.10. The molecule has 0 unspecified atom stereocenters. The molecule has 0 saturated heterocycles. The van der Waals surface area contributed by atoms with Gasteiger partial charge in [0.25, 0.3) is 0 Å². The Morgan fingerprint density at radius 3 is 2.25 bits per heavy atom. The summed E-state index contributed by atoms with van der Waals surface area (Å²) in [5, 5.41) is 0.836. The van der Waals surface area contributed by atoms with E-state index in [1.165, 1.54) is 0 Å². The number of ether oxygens (including phenoxy) is 2. The minimum atomic E-state index is -3.55. The van der Waals surface area contributed by atoms with Gasteiger partial charge in [-0.15, -0.1) is 8.78 Å². The Labute approximate surface area is 102 Å². The number of halogens is 3. The molecule has 0 bridgehead atoms. The van der Waals surface area contributed by atoms with Crippen LogP contribution in [-0.2, 0) is 0 Å². The predicted octanol–water partition coefficient (Wildman–Crippen LogP) is 3.32. The van der Waals surface area contributed by atoms with Crippen LogP contribution < -0.4 is 14.7 Å². The Kier molecular flexibility index (Phi) is 2.54. The largest absolute Gasteiger partial charge is 0.586 e. The molecule has 0 radical (unpaired) electrons. The molecule has 1 heterocycles. The van der Waals surface area contributed by atoms with E-state index in [0.717, 1.165) is 5.19 Å². The molecule has 1 aromatic carbocycles. The van der Waals surface area contributed by atoms with Gasteiger partial charge in [0.15, 0.2) is 11.5 Å². The normalized spacial score (nSPS) is 17.6. The van der Waals surface area contributed by atoms with Crippen LogP contribution in [-0.4, -0.2) is 14.4 Å². The third-order valence-corrected chi connectivity index (χ3v) is 4.95. The molecule has 16 heavy (non-hydrogen) atoms. The van der Waals surface area contributed by atoms with Gasteiger partial charge in [0.2, 0.25) is 0 Å². The molecule has 88 valence electrons. The van der Waals surface area contributed by atoms with E-state index in [1.807, 2.05) is 6.07 Å². The molecule has 0 amide bonds. The Morgan fingerprint density at radius 1 is 1.12 bits per heavy atom. The van der Waals surface area contributed by atoms with Crippen LogP contribution in [0.5, 0.6) is 11.5 Å². The van der Waals surface area contributed by atoms with Crippen molar-refractivity contribution in [1.82, 2.24) is 0 Å². The van der Waals surface area contributed by atoms with Crippen LogP contribution in [0.15, 0.2) is 16.6 Å². The molecule has 6 heteroatoms. The van der Waals surface area contributed by atoms with Gasteiger partial charge in [-0.2, -0.15) is 0 Å². The van der Waals surface area contributed by atoms with Gasteiger partial charge < -0.3 is 9.47 Å². The first-order chi connectivity index (χ1) is 7.21. The summed E-state index contributed by atoms with van der Waals surface area (Å²) in [4.78, 5) is 0. The second-order valence-corrected chi connectivity index (χ2v) is 10.6. The first-order valence-electron chi connectivity index (χ1n) is 4.79. The zero-order valence-electron chi connectivity index (χ0n) is 9.11. The van der Waals surface area contributed by atoms with Gasteiger partial charge in [-0.05, 0) is 27.2 Å². The van der Waals surface area contributed by atoms with Crippen LogP contribution in [0.25, 0.3) is 0 Å². The number of hydrogen-bond acceptors (Lipinski definition) is 2. The zero-order chi connectivity index (χ0) is 12.1. The Morgan fingerprint density at radius 2 is 1.69 bits per heavy atom. The maximum absolute atomic E-state index is 13.0. The van der Waals surface area contributed by atoms with Crippen LogP contribution in [0, 0.1) is 0 Å². The van der Waals surface area contributed by atoms with Crippen molar-refractivity contribution in [1.29, 1.82) is 0 Å². The summed E-state index contributed by atoms with van der Waals surface area (Å²) >= 11 is 3.18. The van der Waals surface area contributed by atoms with Crippen molar-refractivity contribution in [3.8, 4) is 11.5 Å². The average Bonchev–Trinajstić information content (AvgIpc) is 2.39. The second-order valence-electron chi connectivity index (χ2n) is 4.67. The lowest BCUT2D eigenvalue weighted by atomic mass is 10.3. The molecule has 0 fully saturated rings. The lowest BCUT2D eigenvalue weighted by Crippen LogP contribution is -2.39. The summed E-state index contributed by atoms with van der Waals surface area (Å²) in [5.74, 6) is 0.281. The van der Waals surface area contributed by atoms with Crippen molar-refractivity contribution in [3.63, 3.8) is 0 Å². The Bertz CT molecular complexity index is 443. The van der Waals surface area contributed by atoms with Crippen molar-refractivity contribution < 1.29 is 18.3 Å². The molecule has 0 aromatic heterocycles. The zero-order valence-corrected chi connectivity index (χ0v) is 11.7. The summed E-state index contributed by atoms with van der Waals surface area (Å²) in [5.41, 5.74) is 0. The number of benzene rings is 1. The summed E-state index contributed by atoms with van der Waals surface area (Å²) in [7, 11) is -1.73. The average molecular weight is 309 g/mol. The third kappa shape index (κ3) is 1.95. The topological polar surface area (TPSA) is 18.5 Å². The van der Waals surface area contributed by atoms with E-state index in [-0.39, 0.29) is 11.5 Å². The fourth-order valence-corrected chi connectivity index (χ4v) is 3.41. The van der Waals surface area contributed by atoms with Gasteiger partial charge in [-0.3, -0.25) is 0 Å². The van der Waals surface area contributed by atoms with Crippen LogP contribution >= 0.6 is 15.9 Å². The second kappa shape index (κ2) is 3.43. The van der Waals surface area contributed by atoms with Crippen molar-refractivity contribution in [3.05, 3.63) is 16.6 Å². The standard InChI is InChI=1S/C10H11BrF2O2Si/c1-16(2,3)7-5-4-6(11)8-9(7)15-10(12,13)14-8/h4-5H,1-3H3. The first kappa shape index (κ1) is 11.9. The fraction of sp³-hybridized carbons (Fsp3) is 0.400. The van der Waals surface area contributed by atoms with Gasteiger partial charge >= 0.3 is 6.29 Å². The maximum atomic E-state index is 13.0. The van der Waals surface area contributed by atoms with Crippen molar-refractivity contribution in [2.75, 3.05) is 0 Å². The molecule has 0 spiro atoms. The van der Waals surface area contributed by atoms with E-state index in [1.54, 1.807) is 6.07 Å². The van der Waals surface area contributed by atoms with Gasteiger partial charge in [-0.25, -0.2) is 0 Å². The molecule has 1 aliphatic rings. The Balaban J connectivity index is 2.59. The highest BCUT2D eigenvalue weighted by Gasteiger charge is 2.46. The summed E-state index contributed by atoms with van der Waals surface area (Å²) in [6, 6.07) is 3.54. The quantitative estimate of drug-likeness (QED) is 0.741. The van der Waals surface area contributed by atoms with E-state index in [4.69, 9.17) is 0 Å². The molecule has 0 N–H and O–H groups in total. The molecule has 2 rings (SSSR count). The molecule has 2 nitrogen and oxygen atoms in total. The molecular weight excluding hydrogens is 298 g/mol. The van der Waals surface area contributed by atoms with Gasteiger partial charge in [0, 0.05) is 0 Å². The molecule has 0 saturated carbocycles. The van der Waals surface area contributed by atoms with E-state index < -0.39 is 14.4 Å². The van der Waals surface area contributed by atoms with Crippen LogP contribution in [0.4, 0.5) is 8.78 Å². The van der Waals surface area contributed by atoms with Crippen LogP contribution in [0.1, 0.15) is 0 Å². The van der Waals surface area contributed by atoms with E-state index in [0.29, 0.717) is 4.47 Å². The van der Waals surface area contributed by atoms with E-state index in [9.17, 15) is 8.78 Å². The monoisotopic (exact) mass is 308 g/mol. The summed E-state index contributed by atoms with van der Waals surface area (Å²) in [6.45, 7) is 6.20. The molecule has 0 atom stereocenters. The predicted molar refractivity (Wildman–Crippen MR) is 63.3 cm³/mol. The summed E-state index contributed by atoms with van der Waals surface area (Å²) in [6.07, 6.45) is -3.55. The molecule has 1 aliphatic heterocycles. The van der Waals surface area contributed by atoms with Gasteiger partial charge in [0.05, 0.1) is 12.5 Å². The maximum Gasteiger partial charge on any atom is 0.586 e.